The Morgan fingerprint density at radius 3 is 3.00 bits per heavy atom. The Morgan fingerprint density at radius 1 is 1.53 bits per heavy atom. The van der Waals surface area contributed by atoms with Gasteiger partial charge in [-0.2, -0.15) is 0 Å². The van der Waals surface area contributed by atoms with Gasteiger partial charge in [-0.3, -0.25) is 4.79 Å². The van der Waals surface area contributed by atoms with Crippen LogP contribution in [-0.2, 0) is 4.74 Å². The summed E-state index contributed by atoms with van der Waals surface area (Å²) in [5.41, 5.74) is 0.741. The summed E-state index contributed by atoms with van der Waals surface area (Å²) in [6.07, 6.45) is 1.03. The maximum absolute atomic E-state index is 12.3. The van der Waals surface area contributed by atoms with Crippen LogP contribution in [0.1, 0.15) is 16.8 Å². The highest BCUT2D eigenvalue weighted by Gasteiger charge is 2.27. The average molecular weight is 298 g/mol. The molecule has 1 unspecified atom stereocenters. The molecule has 0 N–H and O–H groups in total. The molecule has 1 fully saturated rings. The highest BCUT2D eigenvalue weighted by molar-refractivity contribution is 9.10. The van der Waals surface area contributed by atoms with Gasteiger partial charge in [0, 0.05) is 30.6 Å². The molecule has 4 heteroatoms. The molecule has 1 aromatic rings. The van der Waals surface area contributed by atoms with Crippen LogP contribution in [0.2, 0.25) is 0 Å². The number of rotatable bonds is 3. The lowest BCUT2D eigenvalue weighted by atomic mass is 10.1. The van der Waals surface area contributed by atoms with Crippen molar-refractivity contribution in [2.45, 2.75) is 6.42 Å². The van der Waals surface area contributed by atoms with Crippen LogP contribution < -0.4 is 0 Å². The SMILES string of the molecule is COCC1CCN(C(=O)c2ccccc2Br)C1. The minimum atomic E-state index is 0.107. The van der Waals surface area contributed by atoms with Gasteiger partial charge in [-0.1, -0.05) is 12.1 Å². The van der Waals surface area contributed by atoms with Crippen molar-refractivity contribution in [3.8, 4) is 0 Å². The Bertz CT molecular complexity index is 408. The zero-order valence-corrected chi connectivity index (χ0v) is 11.4. The number of likely N-dealkylation sites (tertiary alicyclic amines) is 1. The van der Waals surface area contributed by atoms with Gasteiger partial charge < -0.3 is 9.64 Å². The Kier molecular flexibility index (Phi) is 4.18. The van der Waals surface area contributed by atoms with Crippen LogP contribution in [0.25, 0.3) is 0 Å². The third-order valence-electron chi connectivity index (χ3n) is 3.08. The van der Waals surface area contributed by atoms with E-state index in [-0.39, 0.29) is 5.91 Å². The number of hydrogen-bond donors (Lipinski definition) is 0. The van der Waals surface area contributed by atoms with Crippen molar-refractivity contribution in [2.75, 3.05) is 26.8 Å². The van der Waals surface area contributed by atoms with Crippen molar-refractivity contribution in [2.24, 2.45) is 5.92 Å². The number of ether oxygens (including phenoxy) is 1. The number of carbonyl (C=O) groups excluding carboxylic acids is 1. The van der Waals surface area contributed by atoms with E-state index < -0.39 is 0 Å². The van der Waals surface area contributed by atoms with E-state index in [1.54, 1.807) is 7.11 Å². The van der Waals surface area contributed by atoms with Gasteiger partial charge in [-0.25, -0.2) is 0 Å². The fourth-order valence-corrected chi connectivity index (χ4v) is 2.65. The van der Waals surface area contributed by atoms with Crippen LogP contribution in [-0.4, -0.2) is 37.6 Å². The molecule has 0 spiro atoms. The second kappa shape index (κ2) is 5.65. The maximum Gasteiger partial charge on any atom is 0.255 e. The standard InChI is InChI=1S/C13H16BrNO2/c1-17-9-10-6-7-15(8-10)13(16)11-4-2-3-5-12(11)14/h2-5,10H,6-9H2,1H3. The Balaban J connectivity index is 2.05. The molecule has 0 radical (unpaired) electrons. The van der Waals surface area contributed by atoms with E-state index in [4.69, 9.17) is 4.74 Å². The van der Waals surface area contributed by atoms with Crippen molar-refractivity contribution in [1.82, 2.24) is 4.90 Å². The first-order chi connectivity index (χ1) is 8.22. The summed E-state index contributed by atoms with van der Waals surface area (Å²) in [5, 5.41) is 0. The quantitative estimate of drug-likeness (QED) is 0.858. The topological polar surface area (TPSA) is 29.5 Å². The zero-order chi connectivity index (χ0) is 12.3. The molecular weight excluding hydrogens is 282 g/mol. The summed E-state index contributed by atoms with van der Waals surface area (Å²) in [7, 11) is 1.71. The lowest BCUT2D eigenvalue weighted by molar-refractivity contribution is 0.0774. The molecule has 2 rings (SSSR count). The van der Waals surface area contributed by atoms with E-state index in [1.807, 2.05) is 29.2 Å². The molecule has 1 amide bonds. The Labute approximate surface area is 110 Å². The molecule has 17 heavy (non-hydrogen) atoms. The van der Waals surface area contributed by atoms with E-state index in [0.717, 1.165) is 36.2 Å². The van der Waals surface area contributed by atoms with E-state index in [2.05, 4.69) is 15.9 Å². The first-order valence-electron chi connectivity index (χ1n) is 5.75. The maximum atomic E-state index is 12.3. The van der Waals surface area contributed by atoms with Crippen LogP contribution in [0.15, 0.2) is 28.7 Å². The fourth-order valence-electron chi connectivity index (χ4n) is 2.19. The van der Waals surface area contributed by atoms with Gasteiger partial charge in [0.1, 0.15) is 0 Å². The van der Waals surface area contributed by atoms with Crippen LogP contribution in [0.4, 0.5) is 0 Å². The van der Waals surface area contributed by atoms with Crippen molar-refractivity contribution in [3.63, 3.8) is 0 Å². The van der Waals surface area contributed by atoms with Crippen LogP contribution in [0.3, 0.4) is 0 Å². The number of benzene rings is 1. The van der Waals surface area contributed by atoms with Crippen molar-refractivity contribution in [3.05, 3.63) is 34.3 Å². The van der Waals surface area contributed by atoms with Crippen molar-refractivity contribution >= 4 is 21.8 Å². The van der Waals surface area contributed by atoms with Crippen molar-refractivity contribution in [1.29, 1.82) is 0 Å². The first kappa shape index (κ1) is 12.6. The summed E-state index contributed by atoms with van der Waals surface area (Å²) < 4.78 is 6.00. The zero-order valence-electron chi connectivity index (χ0n) is 9.86. The van der Waals surface area contributed by atoms with Gasteiger partial charge in [0.05, 0.1) is 12.2 Å². The molecule has 0 saturated carbocycles. The number of amides is 1. The number of halogens is 1. The van der Waals surface area contributed by atoms with E-state index in [9.17, 15) is 4.79 Å². The summed E-state index contributed by atoms with van der Waals surface area (Å²) in [6, 6.07) is 7.56. The highest BCUT2D eigenvalue weighted by atomic mass is 79.9. The molecule has 92 valence electrons. The number of methoxy groups -OCH3 is 1. The molecule has 1 saturated heterocycles. The normalized spacial score (nSPS) is 19.6. The first-order valence-corrected chi connectivity index (χ1v) is 6.54. The molecule has 1 heterocycles. The predicted molar refractivity (Wildman–Crippen MR) is 70.0 cm³/mol. The predicted octanol–water partition coefficient (Wildman–Crippen LogP) is 2.56. The molecule has 1 aliphatic heterocycles. The molecule has 0 aliphatic carbocycles. The van der Waals surface area contributed by atoms with Gasteiger partial charge in [0.15, 0.2) is 0 Å². The fraction of sp³-hybridized carbons (Fsp3) is 0.462. The molecule has 0 aromatic heterocycles. The van der Waals surface area contributed by atoms with E-state index in [0.29, 0.717) is 5.92 Å². The van der Waals surface area contributed by atoms with Crippen LogP contribution >= 0.6 is 15.9 Å². The van der Waals surface area contributed by atoms with E-state index >= 15 is 0 Å². The summed E-state index contributed by atoms with van der Waals surface area (Å²) in [5.74, 6) is 0.586. The molecule has 0 bridgehead atoms. The second-order valence-corrected chi connectivity index (χ2v) is 5.20. The Morgan fingerprint density at radius 2 is 2.29 bits per heavy atom. The summed E-state index contributed by atoms with van der Waals surface area (Å²) >= 11 is 3.42. The van der Waals surface area contributed by atoms with Gasteiger partial charge in [0.25, 0.3) is 5.91 Å². The smallest absolute Gasteiger partial charge is 0.255 e. The molecule has 1 atom stereocenters. The third kappa shape index (κ3) is 2.87. The summed E-state index contributed by atoms with van der Waals surface area (Å²) in [4.78, 5) is 14.2. The van der Waals surface area contributed by atoms with Gasteiger partial charge in [-0.05, 0) is 34.5 Å². The number of carbonyl (C=O) groups is 1. The highest BCUT2D eigenvalue weighted by Crippen LogP contribution is 2.22. The minimum Gasteiger partial charge on any atom is -0.384 e. The minimum absolute atomic E-state index is 0.107. The Hall–Kier alpha value is -0.870. The largest absolute Gasteiger partial charge is 0.384 e. The van der Waals surface area contributed by atoms with Gasteiger partial charge in [0.2, 0.25) is 0 Å². The monoisotopic (exact) mass is 297 g/mol. The van der Waals surface area contributed by atoms with Crippen molar-refractivity contribution < 1.29 is 9.53 Å². The molecular formula is C13H16BrNO2. The van der Waals surface area contributed by atoms with Crippen LogP contribution in [0.5, 0.6) is 0 Å². The molecule has 1 aromatic carbocycles. The van der Waals surface area contributed by atoms with Crippen LogP contribution in [0, 0.1) is 5.92 Å². The number of hydrogen-bond acceptors (Lipinski definition) is 2. The van der Waals surface area contributed by atoms with Gasteiger partial charge in [-0.15, -0.1) is 0 Å². The summed E-state index contributed by atoms with van der Waals surface area (Å²) in [6.45, 7) is 2.36. The van der Waals surface area contributed by atoms with E-state index in [1.165, 1.54) is 0 Å². The molecule has 3 nitrogen and oxygen atoms in total. The lowest BCUT2D eigenvalue weighted by Gasteiger charge is -2.17. The average Bonchev–Trinajstić information content (AvgIpc) is 2.78. The lowest BCUT2D eigenvalue weighted by Crippen LogP contribution is -2.29. The van der Waals surface area contributed by atoms with Gasteiger partial charge >= 0.3 is 0 Å². The second-order valence-electron chi connectivity index (χ2n) is 4.34. The number of nitrogens with zero attached hydrogens (tertiary/aromatic N) is 1. The third-order valence-corrected chi connectivity index (χ3v) is 3.77. The molecule has 1 aliphatic rings.